The predicted molar refractivity (Wildman–Crippen MR) is 165 cm³/mol. The molecular weight excluding hydrogens is 593 g/mol. The van der Waals surface area contributed by atoms with Crippen LogP contribution in [0.5, 0.6) is 0 Å². The number of carbonyl (C=O) groups is 2. The maximum absolute atomic E-state index is 13.1. The number of alkyl halides is 3. The molecule has 0 radical (unpaired) electrons. The Balaban J connectivity index is 1.59. The maximum atomic E-state index is 13.1. The fourth-order valence-electron chi connectivity index (χ4n) is 5.59. The summed E-state index contributed by atoms with van der Waals surface area (Å²) < 4.78 is 62.9. The molecule has 0 spiro atoms. The van der Waals surface area contributed by atoms with Gasteiger partial charge in [0.25, 0.3) is 5.91 Å². The van der Waals surface area contributed by atoms with Crippen molar-refractivity contribution in [3.8, 4) is 11.3 Å². The van der Waals surface area contributed by atoms with E-state index in [1.165, 1.54) is 17.0 Å². The van der Waals surface area contributed by atoms with E-state index in [1.54, 1.807) is 32.4 Å². The minimum atomic E-state index is -4.44. The number of carbonyl (C=O) groups excluding carboxylic acids is 2. The maximum Gasteiger partial charge on any atom is 0.416 e. The van der Waals surface area contributed by atoms with E-state index in [4.69, 9.17) is 9.15 Å². The quantitative estimate of drug-likeness (QED) is 0.163. The van der Waals surface area contributed by atoms with Gasteiger partial charge in [-0.2, -0.15) is 13.2 Å². The zero-order valence-corrected chi connectivity index (χ0v) is 26.1. The highest BCUT2D eigenvalue weighted by atomic mass is 32.2. The Morgan fingerprint density at radius 1 is 1.09 bits per heavy atom. The number of nitrogens with zero attached hydrogens (tertiary/aromatic N) is 1. The van der Waals surface area contributed by atoms with Crippen LogP contribution in [0.2, 0.25) is 0 Å². The summed E-state index contributed by atoms with van der Waals surface area (Å²) in [5.74, 6) is 0.816. The predicted octanol–water partition coefficient (Wildman–Crippen LogP) is 7.60. The third-order valence-electron chi connectivity index (χ3n) is 7.89. The van der Waals surface area contributed by atoms with Crippen LogP contribution < -0.4 is 5.32 Å². The third-order valence-corrected chi connectivity index (χ3v) is 8.56. The zero-order valence-electron chi connectivity index (χ0n) is 25.2. The van der Waals surface area contributed by atoms with Gasteiger partial charge in [0, 0.05) is 36.0 Å². The Labute approximate surface area is 259 Å². The van der Waals surface area contributed by atoms with E-state index < -0.39 is 22.9 Å². The molecule has 2 aromatic carbocycles. The standard InChI is InChI=1S/C33H39F3N2O5S/c1-4-42-30(39)18-19-38(2)32(40)24-12-16-26(17-13-24)37-31(23-8-6-5-7-9-23)27-20-28(43-29(27)21-44(3)41)22-10-14-25(15-11-22)33(34,35)36/h10-17,20,23,31,37H,4-9,18-19,21H2,1-3H3. The second kappa shape index (κ2) is 15.0. The SMILES string of the molecule is CCOC(=O)CCN(C)C(=O)c1ccc(NC(c2cc(-c3ccc(C(F)(F)F)cc3)oc2C[S+](C)[O-])C2CCCCC2)cc1. The molecule has 1 N–H and O–H groups in total. The minimum Gasteiger partial charge on any atom is -0.616 e. The van der Waals surface area contributed by atoms with Crippen molar-refractivity contribution in [2.24, 2.45) is 5.92 Å². The van der Waals surface area contributed by atoms with E-state index in [9.17, 15) is 27.3 Å². The van der Waals surface area contributed by atoms with Crippen molar-refractivity contribution in [1.29, 1.82) is 0 Å². The summed E-state index contributed by atoms with van der Waals surface area (Å²) in [5.41, 5.74) is 1.86. The Morgan fingerprint density at radius 2 is 1.75 bits per heavy atom. The second-order valence-corrected chi connectivity index (χ2v) is 12.6. The zero-order chi connectivity index (χ0) is 31.9. The van der Waals surface area contributed by atoms with Crippen molar-refractivity contribution in [2.75, 3.05) is 31.8 Å². The van der Waals surface area contributed by atoms with Crippen molar-refractivity contribution in [1.82, 2.24) is 4.90 Å². The molecule has 1 heterocycles. The summed E-state index contributed by atoms with van der Waals surface area (Å²) in [4.78, 5) is 26.1. The molecule has 4 rings (SSSR count). The lowest BCUT2D eigenvalue weighted by Gasteiger charge is -2.32. The van der Waals surface area contributed by atoms with Crippen LogP contribution in [0.4, 0.5) is 18.9 Å². The van der Waals surface area contributed by atoms with Gasteiger partial charge in [-0.15, -0.1) is 0 Å². The fraction of sp³-hybridized carbons (Fsp3) is 0.455. The van der Waals surface area contributed by atoms with Gasteiger partial charge in [0.05, 0.1) is 30.9 Å². The fourth-order valence-corrected chi connectivity index (χ4v) is 6.18. The van der Waals surface area contributed by atoms with E-state index in [-0.39, 0.29) is 42.6 Å². The monoisotopic (exact) mass is 632 g/mol. The molecule has 11 heteroatoms. The lowest BCUT2D eigenvalue weighted by Crippen LogP contribution is -2.29. The van der Waals surface area contributed by atoms with Crippen molar-refractivity contribution >= 4 is 28.7 Å². The number of hydrogen-bond acceptors (Lipinski definition) is 6. The molecule has 1 aliphatic rings. The Morgan fingerprint density at radius 3 is 2.34 bits per heavy atom. The van der Waals surface area contributed by atoms with E-state index >= 15 is 0 Å². The van der Waals surface area contributed by atoms with Gasteiger partial charge in [-0.1, -0.05) is 31.4 Å². The van der Waals surface area contributed by atoms with Crippen molar-refractivity contribution in [3.63, 3.8) is 0 Å². The molecule has 44 heavy (non-hydrogen) atoms. The van der Waals surface area contributed by atoms with Crippen LogP contribution in [0.25, 0.3) is 11.3 Å². The molecular formula is C33H39F3N2O5S. The van der Waals surface area contributed by atoms with Gasteiger partial charge in [0.15, 0.2) is 11.5 Å². The van der Waals surface area contributed by atoms with Crippen molar-refractivity contribution < 1.29 is 36.5 Å². The summed E-state index contributed by atoms with van der Waals surface area (Å²) in [7, 11) is 1.64. The number of anilines is 1. The molecule has 7 nitrogen and oxygen atoms in total. The van der Waals surface area contributed by atoms with Gasteiger partial charge < -0.3 is 23.9 Å². The Kier molecular flexibility index (Phi) is 11.4. The number of rotatable bonds is 12. The first kappa shape index (κ1) is 33.5. The number of amides is 1. The van der Waals surface area contributed by atoms with Gasteiger partial charge in [-0.25, -0.2) is 0 Å². The molecule has 0 saturated heterocycles. The molecule has 238 valence electrons. The second-order valence-electron chi connectivity index (χ2n) is 11.2. The summed E-state index contributed by atoms with van der Waals surface area (Å²) >= 11 is -1.21. The topological polar surface area (TPSA) is 94.8 Å². The van der Waals surface area contributed by atoms with E-state index in [2.05, 4.69) is 5.32 Å². The number of esters is 1. The lowest BCUT2D eigenvalue weighted by molar-refractivity contribution is -0.143. The molecule has 0 bridgehead atoms. The summed E-state index contributed by atoms with van der Waals surface area (Å²) in [6, 6.07) is 13.6. The average Bonchev–Trinajstić information content (AvgIpc) is 3.41. The van der Waals surface area contributed by atoms with Crippen LogP contribution in [0.3, 0.4) is 0 Å². The van der Waals surface area contributed by atoms with E-state index in [0.29, 0.717) is 29.3 Å². The molecule has 0 aliphatic heterocycles. The molecule has 2 atom stereocenters. The molecule has 1 fully saturated rings. The van der Waals surface area contributed by atoms with Crippen LogP contribution in [0.15, 0.2) is 59.0 Å². The molecule has 3 aromatic rings. The Hall–Kier alpha value is -3.44. The number of ether oxygens (including phenoxy) is 1. The normalized spacial score (nSPS) is 15.4. The van der Waals surface area contributed by atoms with Gasteiger partial charge in [0.1, 0.15) is 5.76 Å². The highest BCUT2D eigenvalue weighted by Gasteiger charge is 2.32. The van der Waals surface area contributed by atoms with Crippen LogP contribution >= 0.6 is 0 Å². The number of benzene rings is 2. The minimum absolute atomic E-state index is 0.114. The molecule has 1 aromatic heterocycles. The number of halogens is 3. The largest absolute Gasteiger partial charge is 0.616 e. The lowest BCUT2D eigenvalue weighted by atomic mass is 9.81. The first-order chi connectivity index (χ1) is 21.0. The Bertz CT molecular complexity index is 1380. The smallest absolute Gasteiger partial charge is 0.416 e. The highest BCUT2D eigenvalue weighted by molar-refractivity contribution is 7.89. The van der Waals surface area contributed by atoms with Crippen LogP contribution in [0, 0.1) is 5.92 Å². The first-order valence-electron chi connectivity index (χ1n) is 14.8. The number of hydrogen-bond donors (Lipinski definition) is 1. The van der Waals surface area contributed by atoms with Gasteiger partial charge in [0.2, 0.25) is 0 Å². The van der Waals surface area contributed by atoms with Gasteiger partial charge >= 0.3 is 12.1 Å². The molecule has 1 aliphatic carbocycles. The van der Waals surface area contributed by atoms with Gasteiger partial charge in [-0.3, -0.25) is 9.59 Å². The van der Waals surface area contributed by atoms with Crippen molar-refractivity contribution in [3.05, 3.63) is 77.0 Å². The number of furan rings is 1. The van der Waals surface area contributed by atoms with E-state index in [1.807, 2.05) is 18.2 Å². The van der Waals surface area contributed by atoms with Gasteiger partial charge in [-0.05, 0) is 79.3 Å². The molecule has 2 unspecified atom stereocenters. The first-order valence-corrected chi connectivity index (χ1v) is 16.6. The number of nitrogens with one attached hydrogen (secondary N) is 1. The van der Waals surface area contributed by atoms with Crippen LogP contribution in [-0.2, 0) is 32.6 Å². The van der Waals surface area contributed by atoms with Crippen LogP contribution in [-0.4, -0.2) is 47.8 Å². The third kappa shape index (κ3) is 8.81. The van der Waals surface area contributed by atoms with Crippen LogP contribution in [0.1, 0.15) is 78.7 Å². The molecule has 1 amide bonds. The van der Waals surface area contributed by atoms with E-state index in [0.717, 1.165) is 55.5 Å². The highest BCUT2D eigenvalue weighted by Crippen LogP contribution is 2.41. The summed E-state index contributed by atoms with van der Waals surface area (Å²) in [6.07, 6.45) is 2.53. The molecule has 1 saturated carbocycles. The average molecular weight is 633 g/mol. The summed E-state index contributed by atoms with van der Waals surface area (Å²) in [5, 5.41) is 3.63. The van der Waals surface area contributed by atoms with Crippen molar-refractivity contribution in [2.45, 2.75) is 63.4 Å². The summed E-state index contributed by atoms with van der Waals surface area (Å²) in [6.45, 7) is 2.27.